The van der Waals surface area contributed by atoms with Crippen LogP contribution in [0.5, 0.6) is 11.5 Å². The molecule has 3 N–H and O–H groups in total. The van der Waals surface area contributed by atoms with E-state index >= 15 is 0 Å². The molecule has 4 heterocycles. The van der Waals surface area contributed by atoms with Crippen LogP contribution in [0.2, 0.25) is 0 Å². The molecule has 9 nitrogen and oxygen atoms in total. The minimum Gasteiger partial charge on any atom is -0.454 e. The van der Waals surface area contributed by atoms with E-state index in [2.05, 4.69) is 10.3 Å². The first kappa shape index (κ1) is 21.8. The molecule has 1 spiro atoms. The number of benzene rings is 2. The van der Waals surface area contributed by atoms with E-state index in [9.17, 15) is 9.59 Å². The first-order valence-electron chi connectivity index (χ1n) is 12.1. The maximum Gasteiger partial charge on any atom is 0.317 e. The van der Waals surface area contributed by atoms with E-state index in [1.807, 2.05) is 60.0 Å². The lowest BCUT2D eigenvalue weighted by molar-refractivity contribution is -0.121. The molecule has 9 heteroatoms. The highest BCUT2D eigenvalue weighted by Gasteiger charge is 2.55. The van der Waals surface area contributed by atoms with Crippen molar-refractivity contribution in [2.24, 2.45) is 16.6 Å². The highest BCUT2D eigenvalue weighted by molar-refractivity contribution is 6.14. The van der Waals surface area contributed by atoms with Crippen LogP contribution in [0.4, 0.5) is 10.5 Å². The molecule has 1 fully saturated rings. The van der Waals surface area contributed by atoms with E-state index in [0.717, 1.165) is 23.2 Å². The third kappa shape index (κ3) is 3.25. The van der Waals surface area contributed by atoms with Crippen molar-refractivity contribution < 1.29 is 19.1 Å². The second-order valence-corrected chi connectivity index (χ2v) is 10.00. The number of amidine groups is 1. The molecule has 2 aromatic rings. The number of nitrogens with zero attached hydrogens (tertiary/aromatic N) is 3. The van der Waals surface area contributed by atoms with Gasteiger partial charge < -0.3 is 30.3 Å². The summed E-state index contributed by atoms with van der Waals surface area (Å²) < 4.78 is 11.2. The molecular weight excluding hydrogens is 446 g/mol. The van der Waals surface area contributed by atoms with E-state index in [0.29, 0.717) is 42.5 Å². The van der Waals surface area contributed by atoms with Crippen LogP contribution in [0.15, 0.2) is 41.4 Å². The smallest absolute Gasteiger partial charge is 0.317 e. The first-order chi connectivity index (χ1) is 16.9. The summed E-state index contributed by atoms with van der Waals surface area (Å²) in [6.07, 6.45) is 0.852. The van der Waals surface area contributed by atoms with Crippen LogP contribution in [-0.4, -0.2) is 61.7 Å². The molecule has 4 aliphatic heterocycles. The van der Waals surface area contributed by atoms with Crippen molar-refractivity contribution in [1.29, 1.82) is 0 Å². The Morgan fingerprint density at radius 2 is 2.00 bits per heavy atom. The number of carbonyl (C=O) groups is 2. The van der Waals surface area contributed by atoms with Gasteiger partial charge in [-0.3, -0.25) is 9.79 Å². The summed E-state index contributed by atoms with van der Waals surface area (Å²) in [5, 5.41) is 2.96. The monoisotopic (exact) mass is 475 g/mol. The number of amides is 3. The zero-order valence-electron chi connectivity index (χ0n) is 19.9. The largest absolute Gasteiger partial charge is 0.454 e. The van der Waals surface area contributed by atoms with Gasteiger partial charge in [-0.15, -0.1) is 0 Å². The fraction of sp³-hybridized carbons (Fsp3) is 0.423. The summed E-state index contributed by atoms with van der Waals surface area (Å²) in [6.45, 7) is 6.14. The van der Waals surface area contributed by atoms with Gasteiger partial charge in [0, 0.05) is 36.9 Å². The topological polar surface area (TPSA) is 109 Å². The van der Waals surface area contributed by atoms with Crippen LogP contribution < -0.4 is 25.4 Å². The van der Waals surface area contributed by atoms with Gasteiger partial charge >= 0.3 is 6.03 Å². The third-order valence-electron chi connectivity index (χ3n) is 7.43. The van der Waals surface area contributed by atoms with E-state index < -0.39 is 5.41 Å². The number of para-hydroxylation sites is 1. The Bertz CT molecular complexity index is 1260. The van der Waals surface area contributed by atoms with E-state index in [4.69, 9.17) is 15.2 Å². The summed E-state index contributed by atoms with van der Waals surface area (Å²) in [5.41, 5.74) is 8.65. The summed E-state index contributed by atoms with van der Waals surface area (Å²) in [6, 6.07) is 11.7. The molecular formula is C26H29N5O4. The molecule has 0 bridgehead atoms. The highest BCUT2D eigenvalue weighted by Crippen LogP contribution is 2.51. The molecule has 0 aliphatic carbocycles. The van der Waals surface area contributed by atoms with Crippen molar-refractivity contribution in [3.8, 4) is 11.5 Å². The second kappa shape index (κ2) is 7.90. The summed E-state index contributed by atoms with van der Waals surface area (Å²) in [5.74, 6) is 1.80. The number of fused-ring (bicyclic) bond motifs is 5. The number of hydrogen-bond acceptors (Lipinski definition) is 6. The molecule has 182 valence electrons. The number of nitrogens with two attached hydrogens (primary N) is 1. The molecule has 3 amide bonds. The molecule has 2 aromatic carbocycles. The zero-order valence-corrected chi connectivity index (χ0v) is 19.9. The van der Waals surface area contributed by atoms with Crippen LogP contribution in [0, 0.1) is 5.92 Å². The number of rotatable bonds is 3. The van der Waals surface area contributed by atoms with E-state index in [-0.39, 0.29) is 37.2 Å². The molecule has 0 radical (unpaired) electrons. The van der Waals surface area contributed by atoms with E-state index in [1.165, 1.54) is 0 Å². The first-order valence-corrected chi connectivity index (χ1v) is 12.1. The Balaban J connectivity index is 1.35. The standard InChI is InChI=1S/C26H29N5O4/c1-15(2)29-25(33)30-8-7-16(11-30)12-31-20-6-4-3-5-18(20)26(24(31)32)13-28-23(27)17-9-21-22(10-19(17)26)35-14-34-21/h3-6,9-10,15-16H,7-8,11-14H2,1-2H3,(H2,27,28)(H,29,33). The van der Waals surface area contributed by atoms with Gasteiger partial charge in [0.1, 0.15) is 11.3 Å². The Morgan fingerprint density at radius 1 is 1.23 bits per heavy atom. The Hall–Kier alpha value is -3.75. The molecule has 2 atom stereocenters. The molecule has 6 rings (SSSR count). The Kier molecular flexibility index (Phi) is 4.91. The highest BCUT2D eigenvalue weighted by atomic mass is 16.7. The van der Waals surface area contributed by atoms with Crippen molar-refractivity contribution in [3.05, 3.63) is 53.1 Å². The zero-order chi connectivity index (χ0) is 24.3. The predicted octanol–water partition coefficient (Wildman–Crippen LogP) is 2.21. The van der Waals surface area contributed by atoms with Crippen LogP contribution in [0.1, 0.15) is 37.0 Å². The average Bonchev–Trinajstić information content (AvgIpc) is 3.55. The molecule has 0 aromatic heterocycles. The van der Waals surface area contributed by atoms with Crippen LogP contribution >= 0.6 is 0 Å². The summed E-state index contributed by atoms with van der Waals surface area (Å²) >= 11 is 0. The van der Waals surface area contributed by atoms with Gasteiger partial charge in [0.25, 0.3) is 0 Å². The number of aliphatic imine (C=N–C) groups is 1. The number of anilines is 1. The molecule has 1 saturated heterocycles. The Labute approximate surface area is 203 Å². The number of hydrogen-bond donors (Lipinski definition) is 2. The van der Waals surface area contributed by atoms with Gasteiger partial charge in [-0.05, 0) is 55.5 Å². The average molecular weight is 476 g/mol. The van der Waals surface area contributed by atoms with Crippen molar-refractivity contribution in [3.63, 3.8) is 0 Å². The quantitative estimate of drug-likeness (QED) is 0.708. The van der Waals surface area contributed by atoms with Crippen molar-refractivity contribution in [2.45, 2.75) is 31.7 Å². The number of ether oxygens (including phenoxy) is 2. The fourth-order valence-corrected chi connectivity index (χ4v) is 5.76. The molecule has 4 aliphatic rings. The van der Waals surface area contributed by atoms with Gasteiger partial charge in [0.15, 0.2) is 11.5 Å². The number of carbonyl (C=O) groups excluding carboxylic acids is 2. The van der Waals surface area contributed by atoms with Gasteiger partial charge in [-0.2, -0.15) is 0 Å². The van der Waals surface area contributed by atoms with Crippen molar-refractivity contribution in [2.75, 3.05) is 37.9 Å². The summed E-state index contributed by atoms with van der Waals surface area (Å²) in [7, 11) is 0. The SMILES string of the molecule is CC(C)NC(=O)N1CCC(CN2C(=O)C3(CN=C(N)c4cc5c(cc43)OCO5)c3ccccc32)C1. The van der Waals surface area contributed by atoms with E-state index in [1.54, 1.807) is 0 Å². The molecule has 35 heavy (non-hydrogen) atoms. The maximum atomic E-state index is 14.3. The lowest BCUT2D eigenvalue weighted by atomic mass is 9.71. The lowest BCUT2D eigenvalue weighted by Crippen LogP contribution is -2.48. The van der Waals surface area contributed by atoms with Crippen LogP contribution in [0.3, 0.4) is 0 Å². The third-order valence-corrected chi connectivity index (χ3v) is 7.43. The maximum absolute atomic E-state index is 14.3. The van der Waals surface area contributed by atoms with Gasteiger partial charge in [0.05, 0.1) is 6.54 Å². The van der Waals surface area contributed by atoms with Crippen molar-refractivity contribution in [1.82, 2.24) is 10.2 Å². The van der Waals surface area contributed by atoms with Gasteiger partial charge in [-0.25, -0.2) is 4.79 Å². The normalized spacial score (nSPS) is 24.1. The second-order valence-electron chi connectivity index (χ2n) is 10.00. The minimum absolute atomic E-state index is 0.0138. The van der Waals surface area contributed by atoms with Crippen molar-refractivity contribution >= 4 is 23.5 Å². The molecule has 0 saturated carbocycles. The minimum atomic E-state index is -0.969. The number of nitrogens with one attached hydrogen (secondary N) is 1. The predicted molar refractivity (Wildman–Crippen MR) is 131 cm³/mol. The lowest BCUT2D eigenvalue weighted by Gasteiger charge is -2.33. The number of likely N-dealkylation sites (tertiary alicyclic amines) is 1. The molecule has 2 unspecified atom stereocenters. The fourth-order valence-electron chi connectivity index (χ4n) is 5.76. The van der Waals surface area contributed by atoms with Gasteiger partial charge in [0.2, 0.25) is 12.7 Å². The Morgan fingerprint density at radius 3 is 2.80 bits per heavy atom. The summed E-state index contributed by atoms with van der Waals surface area (Å²) in [4.78, 5) is 35.1. The van der Waals surface area contributed by atoms with Gasteiger partial charge in [-0.1, -0.05) is 18.2 Å². The van der Waals surface area contributed by atoms with Crippen LogP contribution in [0.25, 0.3) is 0 Å². The number of urea groups is 1. The van der Waals surface area contributed by atoms with Crippen LogP contribution in [-0.2, 0) is 10.2 Å².